The Morgan fingerprint density at radius 3 is 2.27 bits per heavy atom. The Morgan fingerprint density at radius 1 is 0.846 bits per heavy atom. The van der Waals surface area contributed by atoms with E-state index in [1.54, 1.807) is 36.4 Å². The zero-order valence-corrected chi connectivity index (χ0v) is 13.8. The number of aromatic hydroxyl groups is 2. The first-order valence-corrected chi connectivity index (χ1v) is 8.17. The monoisotopic (exact) mass is 341 g/mol. The average molecular weight is 341 g/mol. The van der Waals surface area contributed by atoms with Crippen LogP contribution in [0.5, 0.6) is 11.5 Å². The van der Waals surface area contributed by atoms with Gasteiger partial charge in [0.05, 0.1) is 12.5 Å². The van der Waals surface area contributed by atoms with Crippen molar-refractivity contribution in [2.45, 2.75) is 6.42 Å². The van der Waals surface area contributed by atoms with E-state index >= 15 is 0 Å². The third-order valence-electron chi connectivity index (χ3n) is 4.31. The van der Waals surface area contributed by atoms with Gasteiger partial charge in [0, 0.05) is 22.1 Å². The summed E-state index contributed by atoms with van der Waals surface area (Å²) in [6.45, 7) is 0. The van der Waals surface area contributed by atoms with Crippen LogP contribution in [0.1, 0.15) is 5.56 Å². The van der Waals surface area contributed by atoms with E-state index in [1.165, 1.54) is 0 Å². The van der Waals surface area contributed by atoms with E-state index in [0.717, 1.165) is 22.1 Å². The highest BCUT2D eigenvalue weighted by Crippen LogP contribution is 2.43. The summed E-state index contributed by atoms with van der Waals surface area (Å²) in [4.78, 5) is 0. The lowest BCUT2D eigenvalue weighted by Gasteiger charge is -2.04. The van der Waals surface area contributed by atoms with Crippen LogP contribution in [0.4, 0.5) is 0 Å². The second-order valence-corrected chi connectivity index (χ2v) is 6.04. The van der Waals surface area contributed by atoms with Gasteiger partial charge in [0.2, 0.25) is 0 Å². The Labute approximate surface area is 150 Å². The third-order valence-corrected chi connectivity index (χ3v) is 4.31. The molecule has 0 spiro atoms. The van der Waals surface area contributed by atoms with Crippen LogP contribution in [0.25, 0.3) is 33.4 Å². The molecule has 0 atom stereocenters. The molecule has 4 nitrogen and oxygen atoms in total. The SMILES string of the molecule is N#CCc1cc(O)cc2c(-c3ccccc3)c(-c3ccc(O)cc3)oc12. The van der Waals surface area contributed by atoms with E-state index in [4.69, 9.17) is 9.68 Å². The summed E-state index contributed by atoms with van der Waals surface area (Å²) in [5, 5.41) is 29.6. The number of hydrogen-bond acceptors (Lipinski definition) is 4. The highest BCUT2D eigenvalue weighted by Gasteiger charge is 2.20. The van der Waals surface area contributed by atoms with Crippen LogP contribution in [-0.4, -0.2) is 10.2 Å². The van der Waals surface area contributed by atoms with Crippen LogP contribution < -0.4 is 0 Å². The van der Waals surface area contributed by atoms with Crippen LogP contribution >= 0.6 is 0 Å². The molecule has 0 aliphatic carbocycles. The van der Waals surface area contributed by atoms with Gasteiger partial charge in [-0.2, -0.15) is 5.26 Å². The first kappa shape index (κ1) is 15.8. The smallest absolute Gasteiger partial charge is 0.143 e. The van der Waals surface area contributed by atoms with E-state index in [9.17, 15) is 10.2 Å². The van der Waals surface area contributed by atoms with Crippen molar-refractivity contribution < 1.29 is 14.6 Å². The van der Waals surface area contributed by atoms with Crippen LogP contribution in [0.15, 0.2) is 71.1 Å². The molecule has 0 saturated carbocycles. The predicted molar refractivity (Wildman–Crippen MR) is 99.7 cm³/mol. The second kappa shape index (κ2) is 6.30. The standard InChI is InChI=1S/C22H15NO3/c23-11-10-16-12-18(25)13-19-20(14-4-2-1-3-5-14)22(26-21(16)19)15-6-8-17(24)9-7-15/h1-9,12-13,24-25H,10H2. The molecule has 4 heteroatoms. The van der Waals surface area contributed by atoms with Gasteiger partial charge >= 0.3 is 0 Å². The topological polar surface area (TPSA) is 77.4 Å². The number of benzene rings is 3. The van der Waals surface area contributed by atoms with Crippen molar-refractivity contribution in [1.82, 2.24) is 0 Å². The summed E-state index contributed by atoms with van der Waals surface area (Å²) in [5.41, 5.74) is 3.83. The molecule has 3 aromatic carbocycles. The van der Waals surface area contributed by atoms with E-state index in [2.05, 4.69) is 6.07 Å². The molecule has 0 unspecified atom stereocenters. The van der Waals surface area contributed by atoms with Crippen molar-refractivity contribution >= 4 is 11.0 Å². The van der Waals surface area contributed by atoms with E-state index in [0.29, 0.717) is 16.9 Å². The average Bonchev–Trinajstić information content (AvgIpc) is 3.02. The minimum Gasteiger partial charge on any atom is -0.508 e. The first-order chi connectivity index (χ1) is 12.7. The van der Waals surface area contributed by atoms with Gasteiger partial charge < -0.3 is 14.6 Å². The first-order valence-electron chi connectivity index (χ1n) is 8.17. The Bertz CT molecular complexity index is 1120. The number of rotatable bonds is 3. The van der Waals surface area contributed by atoms with Crippen LogP contribution in [-0.2, 0) is 6.42 Å². The maximum absolute atomic E-state index is 10.1. The molecular formula is C22H15NO3. The van der Waals surface area contributed by atoms with E-state index in [1.807, 2.05) is 30.3 Å². The number of nitrogens with zero attached hydrogens (tertiary/aromatic N) is 1. The summed E-state index contributed by atoms with van der Waals surface area (Å²) >= 11 is 0. The summed E-state index contributed by atoms with van der Waals surface area (Å²) in [7, 11) is 0. The van der Waals surface area contributed by atoms with Crippen molar-refractivity contribution in [2.24, 2.45) is 0 Å². The van der Waals surface area contributed by atoms with Crippen molar-refractivity contribution in [1.29, 1.82) is 5.26 Å². The third kappa shape index (κ3) is 2.66. The number of nitriles is 1. The molecule has 4 aromatic rings. The Kier molecular flexibility index (Phi) is 3.83. The highest BCUT2D eigenvalue weighted by atomic mass is 16.3. The maximum Gasteiger partial charge on any atom is 0.143 e. The molecule has 1 heterocycles. The molecular weight excluding hydrogens is 326 g/mol. The van der Waals surface area contributed by atoms with Gasteiger partial charge in [-0.15, -0.1) is 0 Å². The summed E-state index contributed by atoms with van der Waals surface area (Å²) < 4.78 is 6.17. The highest BCUT2D eigenvalue weighted by molar-refractivity contribution is 6.03. The van der Waals surface area contributed by atoms with E-state index < -0.39 is 0 Å². The fourth-order valence-corrected chi connectivity index (χ4v) is 3.18. The Balaban J connectivity index is 2.08. The maximum atomic E-state index is 10.1. The second-order valence-electron chi connectivity index (χ2n) is 6.04. The molecule has 0 bridgehead atoms. The quantitative estimate of drug-likeness (QED) is 0.534. The molecule has 1 aromatic heterocycles. The van der Waals surface area contributed by atoms with Crippen LogP contribution in [0.3, 0.4) is 0 Å². The molecule has 2 N–H and O–H groups in total. The molecule has 4 rings (SSSR count). The summed E-state index contributed by atoms with van der Waals surface area (Å²) in [5.74, 6) is 0.905. The lowest BCUT2D eigenvalue weighted by atomic mass is 9.97. The van der Waals surface area contributed by atoms with Gasteiger partial charge in [-0.1, -0.05) is 30.3 Å². The molecule has 0 radical (unpaired) electrons. The fraction of sp³-hybridized carbons (Fsp3) is 0.0455. The molecule has 0 aliphatic heterocycles. The van der Waals surface area contributed by atoms with Crippen molar-refractivity contribution in [3.8, 4) is 40.0 Å². The Morgan fingerprint density at radius 2 is 1.58 bits per heavy atom. The summed E-state index contributed by atoms with van der Waals surface area (Å²) in [6.07, 6.45) is 0.141. The molecule has 0 amide bonds. The zero-order chi connectivity index (χ0) is 18.1. The fourth-order valence-electron chi connectivity index (χ4n) is 3.18. The van der Waals surface area contributed by atoms with E-state index in [-0.39, 0.29) is 17.9 Å². The number of furan rings is 1. The molecule has 0 aliphatic rings. The Hall–Kier alpha value is -3.71. The molecule has 126 valence electrons. The van der Waals surface area contributed by atoms with Gasteiger partial charge in [0.25, 0.3) is 0 Å². The lowest BCUT2D eigenvalue weighted by Crippen LogP contribution is -1.83. The molecule has 0 saturated heterocycles. The van der Waals surface area contributed by atoms with Crippen molar-refractivity contribution in [3.05, 3.63) is 72.3 Å². The van der Waals surface area contributed by atoms with Gasteiger partial charge in [-0.3, -0.25) is 0 Å². The zero-order valence-electron chi connectivity index (χ0n) is 13.8. The molecule has 26 heavy (non-hydrogen) atoms. The number of phenols is 2. The number of fused-ring (bicyclic) bond motifs is 1. The largest absolute Gasteiger partial charge is 0.508 e. The van der Waals surface area contributed by atoms with Gasteiger partial charge in [0.15, 0.2) is 0 Å². The van der Waals surface area contributed by atoms with Gasteiger partial charge in [0.1, 0.15) is 22.8 Å². The van der Waals surface area contributed by atoms with Crippen molar-refractivity contribution in [2.75, 3.05) is 0 Å². The van der Waals surface area contributed by atoms with Crippen molar-refractivity contribution in [3.63, 3.8) is 0 Å². The number of hydrogen-bond donors (Lipinski definition) is 2. The normalized spacial score (nSPS) is 10.7. The number of phenolic OH excluding ortho intramolecular Hbond substituents is 2. The molecule has 0 fully saturated rings. The van der Waals surface area contributed by atoms with Gasteiger partial charge in [-0.25, -0.2) is 0 Å². The minimum absolute atomic E-state index is 0.0954. The minimum atomic E-state index is 0.0954. The lowest BCUT2D eigenvalue weighted by molar-refractivity contribution is 0.474. The predicted octanol–water partition coefficient (Wildman–Crippen LogP) is 5.24. The van der Waals surface area contributed by atoms with Crippen LogP contribution in [0.2, 0.25) is 0 Å². The van der Waals surface area contributed by atoms with Crippen LogP contribution in [0, 0.1) is 11.3 Å². The summed E-state index contributed by atoms with van der Waals surface area (Å²) in [6, 6.07) is 21.9. The van der Waals surface area contributed by atoms with Gasteiger partial charge in [-0.05, 0) is 42.0 Å².